The van der Waals surface area contributed by atoms with Gasteiger partial charge in [-0.15, -0.1) is 15.3 Å². The molecule has 11 nitrogen and oxygen atoms in total. The number of hydrogen-bond donors (Lipinski definition) is 3. The van der Waals surface area contributed by atoms with Crippen molar-refractivity contribution in [2.45, 2.75) is 18.9 Å². The van der Waals surface area contributed by atoms with Crippen LogP contribution in [0.3, 0.4) is 0 Å². The molecule has 1 fully saturated rings. The maximum absolute atomic E-state index is 12.3. The van der Waals surface area contributed by atoms with Gasteiger partial charge in [-0.25, -0.2) is 4.57 Å². The molecule has 1 aromatic carbocycles. The Kier molecular flexibility index (Phi) is 6.70. The van der Waals surface area contributed by atoms with Crippen LogP contribution in [-0.4, -0.2) is 50.3 Å². The number of rotatable bonds is 8. The van der Waals surface area contributed by atoms with E-state index < -0.39 is 8.25 Å². The van der Waals surface area contributed by atoms with Crippen LogP contribution in [0.4, 0.5) is 16.1 Å². The summed E-state index contributed by atoms with van der Waals surface area (Å²) in [4.78, 5) is 23.3. The van der Waals surface area contributed by atoms with Gasteiger partial charge in [-0.2, -0.15) is 5.10 Å². The Labute approximate surface area is 182 Å². The highest BCUT2D eigenvalue weighted by Crippen LogP contribution is 2.26. The van der Waals surface area contributed by atoms with Crippen LogP contribution in [0, 0.1) is 0 Å². The molecule has 0 radical (unpaired) electrons. The molecule has 3 heterocycles. The van der Waals surface area contributed by atoms with Gasteiger partial charge in [0, 0.05) is 25.3 Å². The third-order valence-electron chi connectivity index (χ3n) is 4.54. The topological polar surface area (TPSA) is 142 Å². The van der Waals surface area contributed by atoms with Gasteiger partial charge in [-0.05, 0) is 36.2 Å². The maximum atomic E-state index is 12.3. The lowest BCUT2D eigenvalue weighted by molar-refractivity contribution is -0.115. The number of aromatic nitrogens is 4. The summed E-state index contributed by atoms with van der Waals surface area (Å²) in [7, 11) is -3.09. The zero-order valence-electron chi connectivity index (χ0n) is 16.3. The second-order valence-corrected chi connectivity index (χ2v) is 8.52. The first-order valence-electron chi connectivity index (χ1n) is 9.47. The lowest BCUT2D eigenvalue weighted by Crippen LogP contribution is -2.26. The summed E-state index contributed by atoms with van der Waals surface area (Å²) in [5.74, 6) is 0.815. The molecule has 3 aromatic rings. The van der Waals surface area contributed by atoms with Crippen LogP contribution < -0.4 is 20.1 Å². The molecule has 3 N–H and O–H groups in total. The highest BCUT2D eigenvalue weighted by molar-refractivity contribution is 7.32. The Balaban J connectivity index is 1.28. The van der Waals surface area contributed by atoms with E-state index in [1.807, 2.05) is 12.1 Å². The van der Waals surface area contributed by atoms with E-state index in [0.29, 0.717) is 15.8 Å². The van der Waals surface area contributed by atoms with E-state index in [1.165, 1.54) is 11.3 Å². The van der Waals surface area contributed by atoms with Gasteiger partial charge < -0.3 is 25.0 Å². The number of benzene rings is 1. The number of nitrogens with one attached hydrogen (secondary N) is 2. The Morgan fingerprint density at radius 2 is 2.13 bits per heavy atom. The van der Waals surface area contributed by atoms with Crippen molar-refractivity contribution in [1.82, 2.24) is 20.4 Å². The largest absolute Gasteiger partial charge is 0.426 e. The Morgan fingerprint density at radius 3 is 2.94 bits per heavy atom. The molecule has 4 rings (SSSR count). The van der Waals surface area contributed by atoms with E-state index >= 15 is 0 Å². The minimum atomic E-state index is -3.09. The number of amides is 1. The molecule has 2 aromatic heterocycles. The van der Waals surface area contributed by atoms with Crippen molar-refractivity contribution in [3.63, 3.8) is 0 Å². The summed E-state index contributed by atoms with van der Waals surface area (Å²) in [5.41, 5.74) is 0.649. The predicted octanol–water partition coefficient (Wildman–Crippen LogP) is 1.96. The van der Waals surface area contributed by atoms with Crippen molar-refractivity contribution < 1.29 is 18.8 Å². The molecular weight excluding hydrogens is 441 g/mol. The molecule has 0 bridgehead atoms. The van der Waals surface area contributed by atoms with E-state index in [9.17, 15) is 9.36 Å². The number of nitrogens with zero attached hydrogens (tertiary/aromatic N) is 5. The van der Waals surface area contributed by atoms with Crippen molar-refractivity contribution in [2.75, 3.05) is 28.6 Å². The predicted molar refractivity (Wildman–Crippen MR) is 117 cm³/mol. The Hall–Kier alpha value is -3.08. The monoisotopic (exact) mass is 461 g/mol. The minimum absolute atomic E-state index is 0.0710. The van der Waals surface area contributed by atoms with E-state index in [-0.39, 0.29) is 24.1 Å². The normalized spacial score (nSPS) is 16.7. The average Bonchev–Trinajstić information content (AvgIpc) is 3.38. The highest BCUT2D eigenvalue weighted by atomic mass is 32.1. The van der Waals surface area contributed by atoms with Crippen molar-refractivity contribution >= 4 is 41.6 Å². The fraction of sp³-hybridized carbons (Fsp3) is 0.278. The summed E-state index contributed by atoms with van der Waals surface area (Å²) >= 11 is 1.26. The van der Waals surface area contributed by atoms with Crippen LogP contribution in [0.25, 0.3) is 0 Å². The van der Waals surface area contributed by atoms with Gasteiger partial charge in [0.1, 0.15) is 5.75 Å². The molecule has 1 saturated heterocycles. The van der Waals surface area contributed by atoms with Crippen molar-refractivity contribution in [3.05, 3.63) is 48.2 Å². The molecular formula is C18H20N7O4PS. The fourth-order valence-corrected chi connectivity index (χ4v) is 4.29. The molecule has 1 aliphatic rings. The van der Waals surface area contributed by atoms with E-state index in [2.05, 4.69) is 35.9 Å². The fourth-order valence-electron chi connectivity index (χ4n) is 3.22. The third-order valence-corrected chi connectivity index (χ3v) is 5.72. The summed E-state index contributed by atoms with van der Waals surface area (Å²) in [6, 6.07) is 10.5. The highest BCUT2D eigenvalue weighted by Gasteiger charge is 2.24. The molecule has 1 amide bonds. The third kappa shape index (κ3) is 5.97. The molecule has 162 valence electrons. The number of hydrogen-bond acceptors (Lipinski definition) is 10. The van der Waals surface area contributed by atoms with E-state index in [0.717, 1.165) is 25.3 Å². The summed E-state index contributed by atoms with van der Waals surface area (Å²) in [5, 5.41) is 23.3. The van der Waals surface area contributed by atoms with Crippen molar-refractivity contribution in [3.8, 4) is 5.75 Å². The van der Waals surface area contributed by atoms with Crippen molar-refractivity contribution in [1.29, 1.82) is 0 Å². The number of carbonyl (C=O) groups excluding carboxylic acids is 1. The first-order valence-corrected chi connectivity index (χ1v) is 11.6. The first kappa shape index (κ1) is 21.2. The van der Waals surface area contributed by atoms with Crippen LogP contribution in [0.1, 0.15) is 12.0 Å². The number of anilines is 3. The van der Waals surface area contributed by atoms with Crippen LogP contribution in [0.2, 0.25) is 0 Å². The zero-order valence-corrected chi connectivity index (χ0v) is 18.1. The first-order chi connectivity index (χ1) is 15.0. The van der Waals surface area contributed by atoms with Crippen LogP contribution in [-0.2, 0) is 15.8 Å². The smallest absolute Gasteiger partial charge is 0.365 e. The van der Waals surface area contributed by atoms with Crippen molar-refractivity contribution in [2.24, 2.45) is 0 Å². The second kappa shape index (κ2) is 9.82. The molecule has 1 unspecified atom stereocenters. The SMILES string of the molecule is O=C(Cc1cccc(O[PH](=O)O)c1)Nc1nnc(N[C@@H]2CCN(c3cccnn3)C2)s1. The maximum Gasteiger partial charge on any atom is 0.365 e. The molecule has 31 heavy (non-hydrogen) atoms. The molecule has 0 spiro atoms. The molecule has 0 saturated carbocycles. The van der Waals surface area contributed by atoms with Gasteiger partial charge in [-0.1, -0.05) is 23.5 Å². The quantitative estimate of drug-likeness (QED) is 0.426. The molecule has 0 aliphatic carbocycles. The minimum Gasteiger partial charge on any atom is -0.426 e. The van der Waals surface area contributed by atoms with Gasteiger partial charge in [0.25, 0.3) is 0 Å². The summed E-state index contributed by atoms with van der Waals surface area (Å²) in [6.07, 6.45) is 2.65. The van der Waals surface area contributed by atoms with Gasteiger partial charge in [0.2, 0.25) is 16.2 Å². The van der Waals surface area contributed by atoms with Gasteiger partial charge in [0.05, 0.1) is 6.42 Å². The second-order valence-electron chi connectivity index (χ2n) is 6.81. The van der Waals surface area contributed by atoms with Crippen LogP contribution in [0.5, 0.6) is 5.75 Å². The average molecular weight is 461 g/mol. The standard InChI is InChI=1S/C18H20N7O4PS/c26-16(10-12-3-1-4-14(9-12)29-30(27)28)21-18-24-23-17(31-18)20-13-6-8-25(11-13)15-5-2-7-19-22-15/h1-5,7,9,13,30H,6,8,10-11H2,(H,20,23)(H,27,28)(H,21,24,26)/t13-/m1/s1. The summed E-state index contributed by atoms with van der Waals surface area (Å²) in [6.45, 7) is 1.64. The Morgan fingerprint density at radius 1 is 1.26 bits per heavy atom. The lowest BCUT2D eigenvalue weighted by Gasteiger charge is -2.16. The molecule has 13 heteroatoms. The lowest BCUT2D eigenvalue weighted by atomic mass is 10.1. The van der Waals surface area contributed by atoms with Crippen LogP contribution in [0.15, 0.2) is 42.6 Å². The van der Waals surface area contributed by atoms with E-state index in [4.69, 9.17) is 9.42 Å². The van der Waals surface area contributed by atoms with Gasteiger partial charge in [0.15, 0.2) is 5.82 Å². The zero-order chi connectivity index (χ0) is 21.6. The van der Waals surface area contributed by atoms with E-state index in [1.54, 1.807) is 30.5 Å². The number of carbonyl (C=O) groups is 1. The summed E-state index contributed by atoms with van der Waals surface area (Å²) < 4.78 is 15.6. The molecule has 2 atom stereocenters. The Bertz CT molecular complexity index is 1070. The van der Waals surface area contributed by atoms with Gasteiger partial charge in [-0.3, -0.25) is 4.79 Å². The molecule has 1 aliphatic heterocycles. The van der Waals surface area contributed by atoms with Crippen LogP contribution >= 0.6 is 19.6 Å². The van der Waals surface area contributed by atoms with Gasteiger partial charge >= 0.3 is 8.25 Å².